The number of amides is 1. The standard InChI is InChI=1S/C22H34N2O/c1-21-12-10-18-16(17(21)8-6-15(21)5-3-4-14-23)7-9-19-22(18,2)13-11-20(25)24-19/h15-19H,3-13H2,1-2H3,(H,24,25)/t15-,16-,17-,18-,19+,21+,22+/m0/s1. The fourth-order valence-corrected chi connectivity index (χ4v) is 7.71. The van der Waals surface area contributed by atoms with E-state index in [1.54, 1.807) is 0 Å². The number of nitrogens with zero attached hydrogens (tertiary/aromatic N) is 1. The molecule has 3 aliphatic carbocycles. The Morgan fingerprint density at radius 2 is 1.88 bits per heavy atom. The number of fused-ring (bicyclic) bond motifs is 5. The van der Waals surface area contributed by atoms with Crippen molar-refractivity contribution in [2.45, 2.75) is 90.5 Å². The first-order valence-electron chi connectivity index (χ1n) is 10.7. The van der Waals surface area contributed by atoms with Gasteiger partial charge in [-0.2, -0.15) is 5.26 Å². The molecule has 4 rings (SSSR count). The number of nitriles is 1. The lowest BCUT2D eigenvalue weighted by Crippen LogP contribution is -2.61. The van der Waals surface area contributed by atoms with Crippen LogP contribution in [0.1, 0.15) is 84.5 Å². The third kappa shape index (κ3) is 2.63. The van der Waals surface area contributed by atoms with Gasteiger partial charge in [0.05, 0.1) is 6.07 Å². The van der Waals surface area contributed by atoms with Crippen molar-refractivity contribution in [3.05, 3.63) is 0 Å². The van der Waals surface area contributed by atoms with Crippen LogP contribution in [0.15, 0.2) is 0 Å². The summed E-state index contributed by atoms with van der Waals surface area (Å²) < 4.78 is 0. The van der Waals surface area contributed by atoms with E-state index in [9.17, 15) is 4.79 Å². The molecule has 0 aromatic rings. The van der Waals surface area contributed by atoms with Gasteiger partial charge in [0.25, 0.3) is 0 Å². The summed E-state index contributed by atoms with van der Waals surface area (Å²) in [5.74, 6) is 3.68. The first-order chi connectivity index (χ1) is 12.0. The predicted molar refractivity (Wildman–Crippen MR) is 98.5 cm³/mol. The SMILES string of the molecule is C[C@]12CCC(=O)N[C@@H]1CC[C@@H]1[C@@H]2CC[C@]2(C)[C@@H](CCCC#N)CC[C@@H]12. The van der Waals surface area contributed by atoms with Crippen molar-refractivity contribution < 1.29 is 4.79 Å². The number of rotatable bonds is 3. The average molecular weight is 343 g/mol. The molecule has 0 spiro atoms. The Bertz CT molecular complexity index is 581. The van der Waals surface area contributed by atoms with Crippen LogP contribution in [0.2, 0.25) is 0 Å². The minimum Gasteiger partial charge on any atom is -0.353 e. The Balaban J connectivity index is 1.52. The average Bonchev–Trinajstić information content (AvgIpc) is 2.92. The van der Waals surface area contributed by atoms with E-state index in [2.05, 4.69) is 25.2 Å². The molecule has 25 heavy (non-hydrogen) atoms. The molecule has 3 heteroatoms. The van der Waals surface area contributed by atoms with Crippen LogP contribution in [-0.2, 0) is 4.79 Å². The van der Waals surface area contributed by atoms with Crippen molar-refractivity contribution in [3.8, 4) is 6.07 Å². The van der Waals surface area contributed by atoms with Crippen LogP contribution in [0.25, 0.3) is 0 Å². The van der Waals surface area contributed by atoms with Gasteiger partial charge >= 0.3 is 0 Å². The van der Waals surface area contributed by atoms with E-state index in [-0.39, 0.29) is 5.91 Å². The Morgan fingerprint density at radius 1 is 1.08 bits per heavy atom. The molecule has 0 radical (unpaired) electrons. The molecule has 0 aromatic carbocycles. The molecule has 0 bridgehead atoms. The molecule has 1 N–H and O–H groups in total. The lowest BCUT2D eigenvalue weighted by Gasteiger charge is -2.60. The van der Waals surface area contributed by atoms with Crippen molar-refractivity contribution in [2.75, 3.05) is 0 Å². The molecule has 4 aliphatic rings. The van der Waals surface area contributed by atoms with Gasteiger partial charge in [0.15, 0.2) is 0 Å². The van der Waals surface area contributed by atoms with Crippen molar-refractivity contribution in [1.29, 1.82) is 5.26 Å². The molecule has 7 atom stereocenters. The Hall–Kier alpha value is -1.04. The second kappa shape index (κ2) is 6.29. The molecule has 0 unspecified atom stereocenters. The maximum Gasteiger partial charge on any atom is 0.220 e. The minimum absolute atomic E-state index is 0.278. The first-order valence-corrected chi connectivity index (χ1v) is 10.7. The second-order valence-electron chi connectivity index (χ2n) is 9.95. The Kier molecular flexibility index (Phi) is 4.37. The number of hydrogen-bond acceptors (Lipinski definition) is 2. The summed E-state index contributed by atoms with van der Waals surface area (Å²) >= 11 is 0. The Morgan fingerprint density at radius 3 is 2.68 bits per heavy atom. The highest BCUT2D eigenvalue weighted by atomic mass is 16.1. The molecule has 4 fully saturated rings. The lowest BCUT2D eigenvalue weighted by molar-refractivity contribution is -0.136. The summed E-state index contributed by atoms with van der Waals surface area (Å²) in [5, 5.41) is 12.2. The molecule has 138 valence electrons. The second-order valence-corrected chi connectivity index (χ2v) is 9.95. The van der Waals surface area contributed by atoms with Crippen molar-refractivity contribution in [1.82, 2.24) is 5.32 Å². The van der Waals surface area contributed by atoms with Crippen LogP contribution in [0.5, 0.6) is 0 Å². The molecular weight excluding hydrogens is 308 g/mol. The van der Waals surface area contributed by atoms with Crippen LogP contribution >= 0.6 is 0 Å². The number of carbonyl (C=O) groups is 1. The van der Waals surface area contributed by atoms with Crippen molar-refractivity contribution >= 4 is 5.91 Å². The first kappa shape index (κ1) is 17.4. The summed E-state index contributed by atoms with van der Waals surface area (Å²) in [6.07, 6.45) is 12.9. The zero-order chi connectivity index (χ0) is 17.7. The third-order valence-electron chi connectivity index (χ3n) is 9.13. The van der Waals surface area contributed by atoms with Crippen molar-refractivity contribution in [3.63, 3.8) is 0 Å². The van der Waals surface area contributed by atoms with E-state index in [4.69, 9.17) is 5.26 Å². The molecular formula is C22H34N2O. The lowest BCUT2D eigenvalue weighted by atomic mass is 9.47. The summed E-state index contributed by atoms with van der Waals surface area (Å²) in [6, 6.07) is 2.75. The number of piperidine rings is 1. The molecule has 0 aromatic heterocycles. The van der Waals surface area contributed by atoms with Crippen LogP contribution < -0.4 is 5.32 Å². The summed E-state index contributed by atoms with van der Waals surface area (Å²) in [7, 11) is 0. The molecule has 1 saturated heterocycles. The number of hydrogen-bond donors (Lipinski definition) is 1. The molecule has 1 aliphatic heterocycles. The highest BCUT2D eigenvalue weighted by molar-refractivity contribution is 5.77. The molecule has 3 nitrogen and oxygen atoms in total. The summed E-state index contributed by atoms with van der Waals surface area (Å²) in [4.78, 5) is 11.9. The van der Waals surface area contributed by atoms with E-state index in [1.165, 1.54) is 44.9 Å². The Labute approximate surface area is 152 Å². The zero-order valence-corrected chi connectivity index (χ0v) is 16.0. The van der Waals surface area contributed by atoms with Crippen molar-refractivity contribution in [2.24, 2.45) is 34.5 Å². The summed E-state index contributed by atoms with van der Waals surface area (Å²) in [6.45, 7) is 5.06. The minimum atomic E-state index is 0.278. The van der Waals surface area contributed by atoms with Gasteiger partial charge in [0, 0.05) is 18.9 Å². The van der Waals surface area contributed by atoms with Crippen LogP contribution in [0, 0.1) is 45.8 Å². The van der Waals surface area contributed by atoms with Gasteiger partial charge < -0.3 is 5.32 Å². The fraction of sp³-hybridized carbons (Fsp3) is 0.909. The smallest absolute Gasteiger partial charge is 0.220 e. The maximum atomic E-state index is 11.9. The quantitative estimate of drug-likeness (QED) is 0.748. The normalized spacial score (nSPS) is 48.7. The molecule has 1 amide bonds. The van der Waals surface area contributed by atoms with Gasteiger partial charge in [-0.15, -0.1) is 0 Å². The van der Waals surface area contributed by atoms with Gasteiger partial charge in [-0.1, -0.05) is 13.8 Å². The number of nitrogens with one attached hydrogen (secondary N) is 1. The van der Waals surface area contributed by atoms with Gasteiger partial charge in [0.2, 0.25) is 5.91 Å². The van der Waals surface area contributed by atoms with E-state index >= 15 is 0 Å². The van der Waals surface area contributed by atoms with Gasteiger partial charge in [-0.3, -0.25) is 4.79 Å². The van der Waals surface area contributed by atoms with E-state index in [0.29, 0.717) is 16.9 Å². The van der Waals surface area contributed by atoms with Crippen LogP contribution in [0.3, 0.4) is 0 Å². The van der Waals surface area contributed by atoms with Crippen LogP contribution in [-0.4, -0.2) is 11.9 Å². The number of unbranched alkanes of at least 4 members (excludes halogenated alkanes) is 1. The summed E-state index contributed by atoms with van der Waals surface area (Å²) in [5.41, 5.74) is 0.842. The van der Waals surface area contributed by atoms with E-state index in [0.717, 1.165) is 49.4 Å². The molecule has 1 heterocycles. The van der Waals surface area contributed by atoms with E-state index in [1.807, 2.05) is 0 Å². The van der Waals surface area contributed by atoms with Gasteiger partial charge in [-0.25, -0.2) is 0 Å². The van der Waals surface area contributed by atoms with Gasteiger partial charge in [-0.05, 0) is 92.3 Å². The topological polar surface area (TPSA) is 52.9 Å². The highest BCUT2D eigenvalue weighted by Gasteiger charge is 2.59. The van der Waals surface area contributed by atoms with Gasteiger partial charge in [0.1, 0.15) is 0 Å². The highest BCUT2D eigenvalue weighted by Crippen LogP contribution is 2.66. The maximum absolute atomic E-state index is 11.9. The fourth-order valence-electron chi connectivity index (χ4n) is 7.71. The molecule has 3 saturated carbocycles. The predicted octanol–water partition coefficient (Wildman–Crippen LogP) is 4.82. The largest absolute Gasteiger partial charge is 0.353 e. The number of carbonyl (C=O) groups excluding carboxylic acids is 1. The zero-order valence-electron chi connectivity index (χ0n) is 16.0. The van der Waals surface area contributed by atoms with E-state index < -0.39 is 0 Å². The monoisotopic (exact) mass is 342 g/mol. The third-order valence-corrected chi connectivity index (χ3v) is 9.13. The van der Waals surface area contributed by atoms with Crippen LogP contribution in [0.4, 0.5) is 0 Å².